The van der Waals surface area contributed by atoms with Crippen molar-refractivity contribution in [1.29, 1.82) is 5.53 Å². The first-order valence-electron chi connectivity index (χ1n) is 1.92. The van der Waals surface area contributed by atoms with E-state index in [0.717, 1.165) is 5.01 Å². The molecule has 0 bridgehead atoms. The van der Waals surface area contributed by atoms with Crippen LogP contribution in [0.1, 0.15) is 6.92 Å². The van der Waals surface area contributed by atoms with Gasteiger partial charge in [0.15, 0.2) is 6.30 Å². The molecule has 0 radical (unpaired) electrons. The van der Waals surface area contributed by atoms with Crippen LogP contribution in [0, 0.1) is 5.53 Å². The highest BCUT2D eigenvalue weighted by molar-refractivity contribution is 4.35. The zero-order valence-electron chi connectivity index (χ0n) is 4.35. The lowest BCUT2D eigenvalue weighted by molar-refractivity contribution is 0.118. The van der Waals surface area contributed by atoms with Crippen LogP contribution in [-0.4, -0.2) is 18.4 Å². The molecule has 0 aliphatic carbocycles. The predicted molar refractivity (Wildman–Crippen MR) is 23.5 cm³/mol. The Labute approximate surface area is 41.6 Å². The molecule has 1 unspecified atom stereocenters. The summed E-state index contributed by atoms with van der Waals surface area (Å²) >= 11 is 0. The summed E-state index contributed by atoms with van der Waals surface area (Å²) in [5, 5.41) is 3.71. The molecule has 0 saturated carbocycles. The first-order chi connectivity index (χ1) is 3.18. The summed E-state index contributed by atoms with van der Waals surface area (Å²) in [4.78, 5) is 0. The van der Waals surface area contributed by atoms with Gasteiger partial charge in [-0.05, 0) is 6.92 Å². The largest absolute Gasteiger partial charge is 0.249 e. The van der Waals surface area contributed by atoms with E-state index in [1.54, 1.807) is 0 Å². The van der Waals surface area contributed by atoms with Gasteiger partial charge in [0.05, 0.1) is 0 Å². The first kappa shape index (κ1) is 6.33. The summed E-state index contributed by atoms with van der Waals surface area (Å²) in [6.07, 6.45) is -1.16. The molecule has 0 aliphatic heterocycles. The van der Waals surface area contributed by atoms with E-state index in [2.05, 4.69) is 5.22 Å². The Morgan fingerprint density at radius 1 is 1.86 bits per heavy atom. The molecule has 0 rings (SSSR count). The van der Waals surface area contributed by atoms with Crippen LogP contribution in [0.4, 0.5) is 4.39 Å². The number of hydrogen-bond donors (Lipinski definition) is 1. The summed E-state index contributed by atoms with van der Waals surface area (Å²) in [5.41, 5.74) is 6.25. The van der Waals surface area contributed by atoms with Crippen LogP contribution in [0.3, 0.4) is 0 Å². The number of nitrogens with zero attached hydrogens (tertiary/aromatic N) is 2. The highest BCUT2D eigenvalue weighted by atomic mass is 19.1. The van der Waals surface area contributed by atoms with E-state index in [1.165, 1.54) is 14.0 Å². The number of hydrogen-bond acceptors (Lipinski definition) is 2. The summed E-state index contributed by atoms with van der Waals surface area (Å²) < 4.78 is 11.8. The van der Waals surface area contributed by atoms with E-state index >= 15 is 0 Å². The van der Waals surface area contributed by atoms with Crippen LogP contribution in [0.5, 0.6) is 0 Å². The van der Waals surface area contributed by atoms with E-state index in [0.29, 0.717) is 0 Å². The SMILES string of the molecule is CC(F)N(C)N=N. The van der Waals surface area contributed by atoms with E-state index in [1.807, 2.05) is 0 Å². The van der Waals surface area contributed by atoms with Crippen molar-refractivity contribution < 1.29 is 4.39 Å². The van der Waals surface area contributed by atoms with Gasteiger partial charge in [0, 0.05) is 7.05 Å². The standard InChI is InChI=1S/C3H8FN3/c1-3(4)7(2)6-5/h3,5H,1-2H3. The Hall–Kier alpha value is -0.670. The average molecular weight is 105 g/mol. The maximum Gasteiger partial charge on any atom is 0.185 e. The topological polar surface area (TPSA) is 39.5 Å². The van der Waals surface area contributed by atoms with Crippen molar-refractivity contribution in [1.82, 2.24) is 5.01 Å². The summed E-state index contributed by atoms with van der Waals surface area (Å²) in [7, 11) is 1.40. The third-order valence-electron chi connectivity index (χ3n) is 0.673. The van der Waals surface area contributed by atoms with Crippen molar-refractivity contribution >= 4 is 0 Å². The molecule has 0 aromatic carbocycles. The Bertz CT molecular complexity index is 63.2. The molecule has 3 nitrogen and oxygen atoms in total. The molecule has 0 aromatic rings. The second-order valence-electron chi connectivity index (χ2n) is 1.25. The molecule has 42 valence electrons. The molecule has 4 heteroatoms. The van der Waals surface area contributed by atoms with Gasteiger partial charge in [-0.3, -0.25) is 0 Å². The maximum atomic E-state index is 11.8. The van der Waals surface area contributed by atoms with E-state index in [9.17, 15) is 4.39 Å². The Morgan fingerprint density at radius 2 is 2.29 bits per heavy atom. The number of rotatable bonds is 2. The third-order valence-corrected chi connectivity index (χ3v) is 0.673. The van der Waals surface area contributed by atoms with E-state index < -0.39 is 6.30 Å². The fourth-order valence-electron chi connectivity index (χ4n) is 0.0796. The minimum Gasteiger partial charge on any atom is -0.249 e. The van der Waals surface area contributed by atoms with Crippen LogP contribution in [0.15, 0.2) is 5.22 Å². The maximum absolute atomic E-state index is 11.8. The van der Waals surface area contributed by atoms with Gasteiger partial charge < -0.3 is 0 Å². The molecule has 0 fully saturated rings. The minimum absolute atomic E-state index is 0.917. The molecule has 0 spiro atoms. The fraction of sp³-hybridized carbons (Fsp3) is 1.00. The van der Waals surface area contributed by atoms with Crippen LogP contribution in [-0.2, 0) is 0 Å². The number of halogens is 1. The molecule has 1 N–H and O–H groups in total. The van der Waals surface area contributed by atoms with Crippen molar-refractivity contribution in [3.05, 3.63) is 0 Å². The number of nitrogens with one attached hydrogen (secondary N) is 1. The van der Waals surface area contributed by atoms with Gasteiger partial charge in [0.1, 0.15) is 0 Å². The second kappa shape index (κ2) is 2.49. The Kier molecular flexibility index (Phi) is 2.26. The third kappa shape index (κ3) is 2.08. The summed E-state index contributed by atoms with van der Waals surface area (Å²) in [5.74, 6) is 0. The smallest absolute Gasteiger partial charge is 0.185 e. The normalized spacial score (nSPS) is 13.0. The summed E-state index contributed by atoms with van der Waals surface area (Å²) in [6.45, 7) is 1.32. The van der Waals surface area contributed by atoms with Crippen molar-refractivity contribution in [2.24, 2.45) is 5.22 Å². The lowest BCUT2D eigenvalue weighted by Crippen LogP contribution is -2.17. The van der Waals surface area contributed by atoms with Crippen molar-refractivity contribution in [3.8, 4) is 0 Å². The molecule has 0 aliphatic rings. The minimum atomic E-state index is -1.16. The zero-order valence-corrected chi connectivity index (χ0v) is 4.35. The van der Waals surface area contributed by atoms with Gasteiger partial charge in [-0.1, -0.05) is 5.22 Å². The van der Waals surface area contributed by atoms with Gasteiger partial charge in [-0.2, -0.15) is 5.53 Å². The van der Waals surface area contributed by atoms with Crippen LogP contribution in [0.2, 0.25) is 0 Å². The molecule has 0 heterocycles. The number of alkyl halides is 1. The molecule has 0 saturated heterocycles. The summed E-state index contributed by atoms with van der Waals surface area (Å²) in [6, 6.07) is 0. The molecule has 7 heavy (non-hydrogen) atoms. The Morgan fingerprint density at radius 3 is 2.29 bits per heavy atom. The lowest BCUT2D eigenvalue weighted by atomic mass is 10.7. The van der Waals surface area contributed by atoms with Crippen molar-refractivity contribution in [2.75, 3.05) is 7.05 Å². The molecule has 0 aromatic heterocycles. The van der Waals surface area contributed by atoms with Crippen molar-refractivity contribution in [2.45, 2.75) is 13.2 Å². The highest BCUT2D eigenvalue weighted by Crippen LogP contribution is 1.93. The van der Waals surface area contributed by atoms with E-state index in [-0.39, 0.29) is 0 Å². The van der Waals surface area contributed by atoms with Crippen molar-refractivity contribution in [3.63, 3.8) is 0 Å². The monoisotopic (exact) mass is 105 g/mol. The van der Waals surface area contributed by atoms with Crippen LogP contribution in [0.25, 0.3) is 0 Å². The first-order valence-corrected chi connectivity index (χ1v) is 1.92. The molecule has 0 amide bonds. The molecular weight excluding hydrogens is 97.1 g/mol. The highest BCUT2D eigenvalue weighted by Gasteiger charge is 1.99. The van der Waals surface area contributed by atoms with Gasteiger partial charge in [-0.15, -0.1) is 0 Å². The van der Waals surface area contributed by atoms with Gasteiger partial charge in [0.2, 0.25) is 0 Å². The molecule has 1 atom stereocenters. The van der Waals surface area contributed by atoms with Gasteiger partial charge in [0.25, 0.3) is 0 Å². The van der Waals surface area contributed by atoms with Gasteiger partial charge >= 0.3 is 0 Å². The van der Waals surface area contributed by atoms with Crippen LogP contribution < -0.4 is 0 Å². The quantitative estimate of drug-likeness (QED) is 0.319. The fourth-order valence-corrected chi connectivity index (χ4v) is 0.0796. The Balaban J connectivity index is 3.33. The van der Waals surface area contributed by atoms with Gasteiger partial charge in [-0.25, -0.2) is 9.40 Å². The molecular formula is C3H8FN3. The zero-order chi connectivity index (χ0) is 5.86. The lowest BCUT2D eigenvalue weighted by Gasteiger charge is -2.09. The predicted octanol–water partition coefficient (Wildman–Crippen LogP) is 1.18. The average Bonchev–Trinajstić information content (AvgIpc) is 1.65. The van der Waals surface area contributed by atoms with Crippen LogP contribution >= 0.6 is 0 Å². The van der Waals surface area contributed by atoms with E-state index in [4.69, 9.17) is 5.53 Å². The second-order valence-corrected chi connectivity index (χ2v) is 1.25.